The Bertz CT molecular complexity index is 855. The number of hydrogen-bond donors (Lipinski definition) is 1. The van der Waals surface area contributed by atoms with Crippen molar-refractivity contribution in [2.24, 2.45) is 5.10 Å². The van der Waals surface area contributed by atoms with Gasteiger partial charge in [-0.15, -0.1) is 0 Å². The van der Waals surface area contributed by atoms with Gasteiger partial charge in [-0.25, -0.2) is 5.43 Å². The summed E-state index contributed by atoms with van der Waals surface area (Å²) in [5, 5.41) is 4.23. The Hall–Kier alpha value is -2.62. The second-order valence-electron chi connectivity index (χ2n) is 9.25. The first-order valence-corrected chi connectivity index (χ1v) is 11.0. The van der Waals surface area contributed by atoms with Crippen molar-refractivity contribution in [3.63, 3.8) is 0 Å². The van der Waals surface area contributed by atoms with E-state index in [1.54, 1.807) is 0 Å². The summed E-state index contributed by atoms with van der Waals surface area (Å²) in [6.45, 7) is 8.34. The molecule has 0 aromatic heterocycles. The highest BCUT2D eigenvalue weighted by Crippen LogP contribution is 2.32. The van der Waals surface area contributed by atoms with Gasteiger partial charge in [0.2, 0.25) is 0 Å². The Labute approximate surface area is 180 Å². The van der Waals surface area contributed by atoms with Gasteiger partial charge in [-0.1, -0.05) is 76.4 Å². The largest absolute Gasteiger partial charge is 0.484 e. The second kappa shape index (κ2) is 9.92. The summed E-state index contributed by atoms with van der Waals surface area (Å²) in [7, 11) is 0. The van der Waals surface area contributed by atoms with Gasteiger partial charge in [-0.05, 0) is 59.9 Å². The van der Waals surface area contributed by atoms with Crippen molar-refractivity contribution in [2.75, 3.05) is 6.61 Å². The molecule has 30 heavy (non-hydrogen) atoms. The van der Waals surface area contributed by atoms with Crippen LogP contribution in [-0.2, 0) is 10.2 Å². The summed E-state index contributed by atoms with van der Waals surface area (Å²) in [5.74, 6) is 1.10. The quantitative estimate of drug-likeness (QED) is 0.476. The highest BCUT2D eigenvalue weighted by molar-refractivity contribution is 5.99. The van der Waals surface area contributed by atoms with E-state index in [-0.39, 0.29) is 17.9 Å². The number of ether oxygens (including phenoxy) is 1. The SMILES string of the molecule is CC(=NNC(=O)COc1ccc(C(C)(C)C)cc1)c1ccc(C2CCCCC2)cc1. The van der Waals surface area contributed by atoms with Gasteiger partial charge in [0.1, 0.15) is 5.75 Å². The minimum atomic E-state index is -0.270. The number of amides is 1. The van der Waals surface area contributed by atoms with E-state index in [9.17, 15) is 4.79 Å². The third kappa shape index (κ3) is 6.19. The minimum absolute atomic E-state index is 0.0632. The van der Waals surface area contributed by atoms with Crippen LogP contribution < -0.4 is 10.2 Å². The lowest BCUT2D eigenvalue weighted by Crippen LogP contribution is -2.25. The van der Waals surface area contributed by atoms with Gasteiger partial charge in [-0.2, -0.15) is 5.10 Å². The predicted molar refractivity (Wildman–Crippen MR) is 123 cm³/mol. The van der Waals surface area contributed by atoms with Crippen LogP contribution in [0.5, 0.6) is 5.75 Å². The van der Waals surface area contributed by atoms with Gasteiger partial charge < -0.3 is 4.74 Å². The molecule has 2 aromatic rings. The molecule has 2 aromatic carbocycles. The maximum atomic E-state index is 12.1. The molecule has 0 radical (unpaired) electrons. The molecule has 4 heteroatoms. The highest BCUT2D eigenvalue weighted by Gasteiger charge is 2.15. The van der Waals surface area contributed by atoms with Crippen molar-refractivity contribution in [1.29, 1.82) is 0 Å². The highest BCUT2D eigenvalue weighted by atomic mass is 16.5. The lowest BCUT2D eigenvalue weighted by molar-refractivity contribution is -0.123. The molecule has 0 aliphatic heterocycles. The van der Waals surface area contributed by atoms with Crippen molar-refractivity contribution in [1.82, 2.24) is 5.43 Å². The van der Waals surface area contributed by atoms with E-state index < -0.39 is 0 Å². The number of carbonyl (C=O) groups excluding carboxylic acids is 1. The van der Waals surface area contributed by atoms with E-state index in [0.717, 1.165) is 11.3 Å². The van der Waals surface area contributed by atoms with Crippen molar-refractivity contribution in [3.8, 4) is 5.75 Å². The van der Waals surface area contributed by atoms with Crippen LogP contribution in [-0.4, -0.2) is 18.2 Å². The van der Waals surface area contributed by atoms with E-state index in [1.807, 2.05) is 31.2 Å². The van der Waals surface area contributed by atoms with E-state index in [1.165, 1.54) is 43.2 Å². The Kier molecular flexibility index (Phi) is 7.30. The Morgan fingerprint density at radius 1 is 1.00 bits per heavy atom. The number of carbonyl (C=O) groups is 1. The zero-order valence-electron chi connectivity index (χ0n) is 18.7. The average molecular weight is 407 g/mol. The third-order valence-electron chi connectivity index (χ3n) is 5.84. The Morgan fingerprint density at radius 3 is 2.23 bits per heavy atom. The fourth-order valence-corrected chi connectivity index (χ4v) is 3.88. The normalized spacial score (nSPS) is 15.7. The summed E-state index contributed by atoms with van der Waals surface area (Å²) in [6.07, 6.45) is 6.62. The Balaban J connectivity index is 1.49. The summed E-state index contributed by atoms with van der Waals surface area (Å²) in [4.78, 5) is 12.1. The summed E-state index contributed by atoms with van der Waals surface area (Å²) < 4.78 is 5.58. The van der Waals surface area contributed by atoms with Crippen molar-refractivity contribution in [3.05, 3.63) is 65.2 Å². The van der Waals surface area contributed by atoms with E-state index in [2.05, 4.69) is 55.6 Å². The molecule has 0 spiro atoms. The molecule has 0 bridgehead atoms. The fraction of sp³-hybridized carbons (Fsp3) is 0.462. The fourth-order valence-electron chi connectivity index (χ4n) is 3.88. The van der Waals surface area contributed by atoms with Crippen molar-refractivity contribution >= 4 is 11.6 Å². The molecule has 1 aliphatic rings. The van der Waals surface area contributed by atoms with Gasteiger partial charge in [0.05, 0.1) is 5.71 Å². The average Bonchev–Trinajstić information content (AvgIpc) is 2.76. The maximum Gasteiger partial charge on any atom is 0.277 e. The molecule has 3 rings (SSSR count). The molecule has 1 fully saturated rings. The lowest BCUT2D eigenvalue weighted by Gasteiger charge is -2.22. The minimum Gasteiger partial charge on any atom is -0.484 e. The first-order valence-electron chi connectivity index (χ1n) is 11.0. The van der Waals surface area contributed by atoms with Crippen LogP contribution in [0.1, 0.15) is 82.4 Å². The third-order valence-corrected chi connectivity index (χ3v) is 5.84. The number of nitrogens with one attached hydrogen (secondary N) is 1. The van der Waals surface area contributed by atoms with Gasteiger partial charge in [0.15, 0.2) is 6.61 Å². The van der Waals surface area contributed by atoms with E-state index >= 15 is 0 Å². The molecule has 1 saturated carbocycles. The first-order chi connectivity index (χ1) is 14.3. The van der Waals surface area contributed by atoms with Gasteiger partial charge in [-0.3, -0.25) is 4.79 Å². The number of hydrogen-bond acceptors (Lipinski definition) is 3. The van der Waals surface area contributed by atoms with Crippen molar-refractivity contribution in [2.45, 2.75) is 71.1 Å². The van der Waals surface area contributed by atoms with Crippen LogP contribution in [0.2, 0.25) is 0 Å². The number of hydrazone groups is 1. The summed E-state index contributed by atoms with van der Waals surface area (Å²) in [5.41, 5.74) is 7.14. The predicted octanol–water partition coefficient (Wildman–Crippen LogP) is 5.95. The Morgan fingerprint density at radius 2 is 1.63 bits per heavy atom. The summed E-state index contributed by atoms with van der Waals surface area (Å²) in [6, 6.07) is 16.5. The lowest BCUT2D eigenvalue weighted by atomic mass is 9.84. The number of rotatable bonds is 6. The number of benzene rings is 2. The topological polar surface area (TPSA) is 50.7 Å². The zero-order chi connectivity index (χ0) is 21.6. The van der Waals surface area contributed by atoms with Gasteiger partial charge >= 0.3 is 0 Å². The molecule has 0 atom stereocenters. The monoisotopic (exact) mass is 406 g/mol. The zero-order valence-corrected chi connectivity index (χ0v) is 18.7. The van der Waals surface area contributed by atoms with Crippen LogP contribution in [0.15, 0.2) is 53.6 Å². The molecule has 4 nitrogen and oxygen atoms in total. The van der Waals surface area contributed by atoms with Gasteiger partial charge in [0.25, 0.3) is 5.91 Å². The van der Waals surface area contributed by atoms with Crippen LogP contribution in [0, 0.1) is 0 Å². The van der Waals surface area contributed by atoms with Crippen LogP contribution in [0.25, 0.3) is 0 Å². The van der Waals surface area contributed by atoms with Crippen LogP contribution in [0.4, 0.5) is 0 Å². The van der Waals surface area contributed by atoms with Gasteiger partial charge in [0, 0.05) is 0 Å². The standard InChI is InChI=1S/C26H34N2O2/c1-19(20-10-12-22(13-11-20)21-8-6-5-7-9-21)27-28-25(29)18-30-24-16-14-23(15-17-24)26(2,3)4/h10-17,21H,5-9,18H2,1-4H3,(H,28,29). The molecular formula is C26H34N2O2. The van der Waals surface area contributed by atoms with Crippen LogP contribution >= 0.6 is 0 Å². The maximum absolute atomic E-state index is 12.1. The smallest absolute Gasteiger partial charge is 0.277 e. The van der Waals surface area contributed by atoms with Crippen molar-refractivity contribution < 1.29 is 9.53 Å². The molecule has 0 unspecified atom stereocenters. The van der Waals surface area contributed by atoms with Crippen LogP contribution in [0.3, 0.4) is 0 Å². The summed E-state index contributed by atoms with van der Waals surface area (Å²) >= 11 is 0. The molecule has 0 saturated heterocycles. The first kappa shape index (κ1) is 22.1. The number of nitrogens with zero attached hydrogens (tertiary/aromatic N) is 1. The van der Waals surface area contributed by atoms with E-state index in [0.29, 0.717) is 11.7 Å². The molecule has 1 amide bonds. The second-order valence-corrected chi connectivity index (χ2v) is 9.25. The molecule has 0 heterocycles. The molecule has 1 aliphatic carbocycles. The van der Waals surface area contributed by atoms with E-state index in [4.69, 9.17) is 4.74 Å². The molecule has 160 valence electrons. The molecule has 1 N–H and O–H groups in total. The molecular weight excluding hydrogens is 372 g/mol.